The van der Waals surface area contributed by atoms with Crippen LogP contribution in [-0.4, -0.2) is 12.9 Å². The fourth-order valence-corrected chi connectivity index (χ4v) is 2.47. The van der Waals surface area contributed by atoms with Gasteiger partial charge in [-0.05, 0) is 43.5 Å². The average Bonchev–Trinajstić information content (AvgIpc) is 2.66. The highest BCUT2D eigenvalue weighted by Crippen LogP contribution is 2.26. The quantitative estimate of drug-likeness (QED) is 0.654. The van der Waals surface area contributed by atoms with Crippen LogP contribution in [-0.2, 0) is 11.3 Å². The highest BCUT2D eigenvalue weighted by molar-refractivity contribution is 6.31. The molecule has 3 nitrogen and oxygen atoms in total. The zero-order chi connectivity index (χ0) is 15.9. The van der Waals surface area contributed by atoms with Gasteiger partial charge in [0, 0.05) is 19.2 Å². The molecule has 0 saturated heterocycles. The molecule has 0 atom stereocenters. The van der Waals surface area contributed by atoms with Gasteiger partial charge in [0.2, 0.25) is 0 Å². The molecule has 0 radical (unpaired) electrons. The molecule has 1 aromatic rings. The molecule has 0 unspecified atom stereocenters. The van der Waals surface area contributed by atoms with Gasteiger partial charge in [0.1, 0.15) is 18.2 Å². The summed E-state index contributed by atoms with van der Waals surface area (Å²) in [4.78, 5) is 4.08. The minimum Gasteiger partial charge on any atom is -0.492 e. The Labute approximate surface area is 135 Å². The van der Waals surface area contributed by atoms with Gasteiger partial charge in [-0.2, -0.15) is 0 Å². The lowest BCUT2D eigenvalue weighted by Gasteiger charge is -2.10. The molecule has 1 aliphatic rings. The summed E-state index contributed by atoms with van der Waals surface area (Å²) in [7, 11) is 1.74. The third-order valence-electron chi connectivity index (χ3n) is 3.40. The lowest BCUT2D eigenvalue weighted by atomic mass is 10.2. The molecule has 0 bridgehead atoms. The van der Waals surface area contributed by atoms with Crippen LogP contribution in [0.1, 0.15) is 31.7 Å². The number of amidine groups is 1. The van der Waals surface area contributed by atoms with Crippen molar-refractivity contribution in [1.29, 1.82) is 0 Å². The van der Waals surface area contributed by atoms with Gasteiger partial charge in [0.05, 0.1) is 10.9 Å². The zero-order valence-corrected chi connectivity index (χ0v) is 13.6. The molecule has 1 aliphatic carbocycles. The Morgan fingerprint density at radius 1 is 1.41 bits per heavy atom. The number of rotatable bonds is 4. The van der Waals surface area contributed by atoms with E-state index < -0.39 is 0 Å². The Kier molecular flexibility index (Phi) is 6.01. The van der Waals surface area contributed by atoms with Crippen molar-refractivity contribution in [3.63, 3.8) is 0 Å². The number of nitrogens with one attached hydrogen (secondary N) is 1. The van der Waals surface area contributed by atoms with E-state index in [2.05, 4.69) is 10.3 Å². The molecule has 2 rings (SSSR count). The summed E-state index contributed by atoms with van der Waals surface area (Å²) in [6.07, 6.45) is 4.46. The van der Waals surface area contributed by atoms with Crippen molar-refractivity contribution in [3.05, 3.63) is 58.2 Å². The lowest BCUT2D eigenvalue weighted by molar-refractivity contribution is 0.187. The molecule has 0 amide bonds. The smallest absolute Gasteiger partial charge is 0.123 e. The van der Waals surface area contributed by atoms with Crippen LogP contribution in [0.4, 0.5) is 4.39 Å². The van der Waals surface area contributed by atoms with Crippen molar-refractivity contribution in [2.75, 3.05) is 7.05 Å². The monoisotopic (exact) mass is 322 g/mol. The number of hydrogen-bond acceptors (Lipinski definition) is 2. The number of hydrogen-bond donors (Lipinski definition) is 1. The van der Waals surface area contributed by atoms with Gasteiger partial charge >= 0.3 is 0 Å². The number of benzene rings is 1. The summed E-state index contributed by atoms with van der Waals surface area (Å²) in [5.41, 5.74) is 1.81. The Balaban J connectivity index is 2.04. The summed E-state index contributed by atoms with van der Waals surface area (Å²) < 4.78 is 18.9. The largest absolute Gasteiger partial charge is 0.492 e. The first-order valence-corrected chi connectivity index (χ1v) is 7.63. The number of nitrogens with zero attached hydrogens (tertiary/aromatic N) is 1. The van der Waals surface area contributed by atoms with E-state index >= 15 is 0 Å². The van der Waals surface area contributed by atoms with Gasteiger partial charge in [0.15, 0.2) is 0 Å². The minimum absolute atomic E-state index is 0.261. The predicted molar refractivity (Wildman–Crippen MR) is 88.2 cm³/mol. The van der Waals surface area contributed by atoms with E-state index in [4.69, 9.17) is 16.3 Å². The predicted octanol–water partition coefficient (Wildman–Crippen LogP) is 4.50. The fourth-order valence-electron chi connectivity index (χ4n) is 2.19. The highest BCUT2D eigenvalue weighted by Gasteiger charge is 2.12. The summed E-state index contributed by atoms with van der Waals surface area (Å²) in [5.74, 6) is 1.33. The molecule has 0 heterocycles. The minimum atomic E-state index is -0.261. The van der Waals surface area contributed by atoms with Crippen LogP contribution in [0, 0.1) is 5.82 Å². The Bertz CT molecular complexity index is 623. The molecule has 1 aromatic carbocycles. The maximum atomic E-state index is 13.2. The summed E-state index contributed by atoms with van der Waals surface area (Å²) in [6.45, 7) is 2.22. The molecular weight excluding hydrogens is 303 g/mol. The van der Waals surface area contributed by atoms with Crippen molar-refractivity contribution < 1.29 is 9.13 Å². The summed E-state index contributed by atoms with van der Waals surface area (Å²) in [5, 5.41) is 3.81. The van der Waals surface area contributed by atoms with Crippen LogP contribution in [0.3, 0.4) is 0 Å². The van der Waals surface area contributed by atoms with Crippen LogP contribution in [0.25, 0.3) is 0 Å². The van der Waals surface area contributed by atoms with Crippen molar-refractivity contribution in [1.82, 2.24) is 5.32 Å². The van der Waals surface area contributed by atoms with E-state index in [0.717, 1.165) is 42.1 Å². The first-order valence-electron chi connectivity index (χ1n) is 7.25. The SMILES string of the molecule is CN=C(C)NC1=CC(Cl)=C(OCc2cccc(F)c2)CCC1. The normalized spacial score (nSPS) is 16.2. The molecule has 5 heteroatoms. The van der Waals surface area contributed by atoms with Crippen LogP contribution < -0.4 is 5.32 Å². The third-order valence-corrected chi connectivity index (χ3v) is 3.72. The van der Waals surface area contributed by atoms with Crippen LogP contribution in [0.15, 0.2) is 51.8 Å². The number of halogens is 2. The molecule has 0 aliphatic heterocycles. The number of allylic oxidation sites excluding steroid dienone is 4. The van der Waals surface area contributed by atoms with E-state index in [1.165, 1.54) is 12.1 Å². The topological polar surface area (TPSA) is 33.6 Å². The third kappa shape index (κ3) is 4.88. The average molecular weight is 323 g/mol. The molecule has 22 heavy (non-hydrogen) atoms. The van der Waals surface area contributed by atoms with E-state index in [-0.39, 0.29) is 5.82 Å². The van der Waals surface area contributed by atoms with Crippen molar-refractivity contribution in [3.8, 4) is 0 Å². The Morgan fingerprint density at radius 3 is 2.95 bits per heavy atom. The Hall–Kier alpha value is -1.81. The van der Waals surface area contributed by atoms with E-state index in [1.807, 2.05) is 19.1 Å². The molecule has 118 valence electrons. The fraction of sp³-hybridized carbons (Fsp3) is 0.353. The molecule has 0 fully saturated rings. The van der Waals surface area contributed by atoms with Crippen molar-refractivity contribution in [2.24, 2.45) is 4.99 Å². The van der Waals surface area contributed by atoms with Crippen LogP contribution in [0.5, 0.6) is 0 Å². The van der Waals surface area contributed by atoms with E-state index in [0.29, 0.717) is 11.6 Å². The second-order valence-corrected chi connectivity index (χ2v) is 5.55. The Morgan fingerprint density at radius 2 is 2.23 bits per heavy atom. The van der Waals surface area contributed by atoms with Gasteiger partial charge in [-0.1, -0.05) is 23.7 Å². The number of aliphatic imine (C=N–C) groups is 1. The summed E-state index contributed by atoms with van der Waals surface area (Å²) in [6, 6.07) is 6.39. The second-order valence-electron chi connectivity index (χ2n) is 5.15. The first-order chi connectivity index (χ1) is 10.6. The standard InChI is InChI=1S/C17H20ClFN2O/c1-12(20-2)21-15-7-4-8-17(16(18)10-15)22-11-13-5-3-6-14(19)9-13/h3,5-6,9-10H,4,7-8,11H2,1-2H3,(H,20,21). The van der Waals surface area contributed by atoms with Gasteiger partial charge in [-0.15, -0.1) is 0 Å². The van der Waals surface area contributed by atoms with Crippen LogP contribution in [0.2, 0.25) is 0 Å². The molecule has 0 aromatic heterocycles. The van der Waals surface area contributed by atoms with Gasteiger partial charge in [-0.3, -0.25) is 4.99 Å². The number of ether oxygens (including phenoxy) is 1. The van der Waals surface area contributed by atoms with Gasteiger partial charge in [0.25, 0.3) is 0 Å². The molecule has 0 saturated carbocycles. The molecule has 1 N–H and O–H groups in total. The zero-order valence-electron chi connectivity index (χ0n) is 12.8. The summed E-state index contributed by atoms with van der Waals surface area (Å²) >= 11 is 6.33. The van der Waals surface area contributed by atoms with Gasteiger partial charge in [-0.25, -0.2) is 4.39 Å². The lowest BCUT2D eigenvalue weighted by Crippen LogP contribution is -2.19. The molecular formula is C17H20ClFN2O. The maximum absolute atomic E-state index is 13.2. The second kappa shape index (κ2) is 7.99. The van der Waals surface area contributed by atoms with Crippen molar-refractivity contribution in [2.45, 2.75) is 32.8 Å². The maximum Gasteiger partial charge on any atom is 0.123 e. The van der Waals surface area contributed by atoms with Crippen LogP contribution >= 0.6 is 11.6 Å². The van der Waals surface area contributed by atoms with E-state index in [9.17, 15) is 4.39 Å². The van der Waals surface area contributed by atoms with Gasteiger partial charge < -0.3 is 10.1 Å². The first kappa shape index (κ1) is 16.6. The van der Waals surface area contributed by atoms with Crippen molar-refractivity contribution >= 4 is 17.4 Å². The van der Waals surface area contributed by atoms with E-state index in [1.54, 1.807) is 13.1 Å². The molecule has 0 spiro atoms. The highest BCUT2D eigenvalue weighted by atomic mass is 35.5.